The molecule has 1 unspecified atom stereocenters. The third-order valence-corrected chi connectivity index (χ3v) is 4.00. The smallest absolute Gasteiger partial charge is 0.320 e. The normalized spacial score (nSPS) is 17.8. The average molecular weight is 311 g/mol. The summed E-state index contributed by atoms with van der Waals surface area (Å²) < 4.78 is 0. The number of benzene rings is 1. The van der Waals surface area contributed by atoms with Gasteiger partial charge in [0, 0.05) is 24.7 Å². The SMILES string of the molecule is CCC(C(=O)O)N1CCN(Cc2ccc(Cl)cc2)C(=O)C1. The number of halogens is 1. The molecule has 0 bridgehead atoms. The minimum atomic E-state index is -0.864. The second-order valence-electron chi connectivity index (χ2n) is 5.17. The van der Waals surface area contributed by atoms with Crippen molar-refractivity contribution in [2.75, 3.05) is 19.6 Å². The van der Waals surface area contributed by atoms with Crippen LogP contribution in [0.15, 0.2) is 24.3 Å². The summed E-state index contributed by atoms with van der Waals surface area (Å²) in [7, 11) is 0. The molecule has 0 radical (unpaired) electrons. The summed E-state index contributed by atoms with van der Waals surface area (Å²) >= 11 is 5.84. The molecular formula is C15H19ClN2O3. The minimum Gasteiger partial charge on any atom is -0.480 e. The molecule has 2 rings (SSSR count). The van der Waals surface area contributed by atoms with E-state index in [-0.39, 0.29) is 12.5 Å². The first-order valence-electron chi connectivity index (χ1n) is 7.00. The molecule has 0 aliphatic carbocycles. The molecule has 1 aromatic carbocycles. The van der Waals surface area contributed by atoms with Crippen molar-refractivity contribution in [1.82, 2.24) is 9.80 Å². The highest BCUT2D eigenvalue weighted by atomic mass is 35.5. The van der Waals surface area contributed by atoms with E-state index in [4.69, 9.17) is 16.7 Å². The van der Waals surface area contributed by atoms with Crippen LogP contribution >= 0.6 is 11.6 Å². The summed E-state index contributed by atoms with van der Waals surface area (Å²) in [6.45, 7) is 3.66. The molecule has 0 spiro atoms. The molecule has 1 atom stereocenters. The Morgan fingerprint density at radius 2 is 2.00 bits per heavy atom. The van der Waals surface area contributed by atoms with Crippen LogP contribution in [-0.2, 0) is 16.1 Å². The minimum absolute atomic E-state index is 0.0316. The monoisotopic (exact) mass is 310 g/mol. The number of hydrogen-bond donors (Lipinski definition) is 1. The maximum Gasteiger partial charge on any atom is 0.320 e. The van der Waals surface area contributed by atoms with Crippen LogP contribution in [0.1, 0.15) is 18.9 Å². The van der Waals surface area contributed by atoms with E-state index in [1.54, 1.807) is 21.9 Å². The molecule has 21 heavy (non-hydrogen) atoms. The summed E-state index contributed by atoms with van der Waals surface area (Å²) in [5, 5.41) is 9.83. The van der Waals surface area contributed by atoms with Crippen molar-refractivity contribution in [3.05, 3.63) is 34.9 Å². The van der Waals surface area contributed by atoms with Crippen LogP contribution in [0.5, 0.6) is 0 Å². The molecule has 1 aliphatic heterocycles. The van der Waals surface area contributed by atoms with Crippen LogP contribution in [0.2, 0.25) is 5.02 Å². The van der Waals surface area contributed by atoms with Gasteiger partial charge in [0.15, 0.2) is 0 Å². The quantitative estimate of drug-likeness (QED) is 0.901. The molecule has 1 aliphatic rings. The lowest BCUT2D eigenvalue weighted by atomic mass is 10.1. The summed E-state index contributed by atoms with van der Waals surface area (Å²) in [6, 6.07) is 6.82. The molecule has 1 amide bonds. The highest BCUT2D eigenvalue weighted by Crippen LogP contribution is 2.15. The van der Waals surface area contributed by atoms with Gasteiger partial charge in [-0.05, 0) is 24.1 Å². The first kappa shape index (κ1) is 15.8. The van der Waals surface area contributed by atoms with E-state index in [0.717, 1.165) is 5.56 Å². The lowest BCUT2D eigenvalue weighted by Crippen LogP contribution is -2.54. The fraction of sp³-hybridized carbons (Fsp3) is 0.467. The van der Waals surface area contributed by atoms with Gasteiger partial charge in [-0.1, -0.05) is 30.7 Å². The van der Waals surface area contributed by atoms with Gasteiger partial charge >= 0.3 is 5.97 Å². The topological polar surface area (TPSA) is 60.9 Å². The lowest BCUT2D eigenvalue weighted by Gasteiger charge is -2.37. The van der Waals surface area contributed by atoms with Crippen LogP contribution < -0.4 is 0 Å². The zero-order chi connectivity index (χ0) is 15.4. The molecule has 0 aromatic heterocycles. The van der Waals surface area contributed by atoms with E-state index in [1.165, 1.54) is 0 Å². The summed E-state index contributed by atoms with van der Waals surface area (Å²) in [6.07, 6.45) is 0.500. The highest BCUT2D eigenvalue weighted by molar-refractivity contribution is 6.30. The molecule has 1 N–H and O–H groups in total. The van der Waals surface area contributed by atoms with E-state index < -0.39 is 12.0 Å². The molecule has 5 nitrogen and oxygen atoms in total. The summed E-state index contributed by atoms with van der Waals surface area (Å²) in [5.74, 6) is -0.896. The van der Waals surface area contributed by atoms with Crippen molar-refractivity contribution in [1.29, 1.82) is 0 Å². The number of piperazine rings is 1. The maximum atomic E-state index is 12.2. The largest absolute Gasteiger partial charge is 0.480 e. The fourth-order valence-corrected chi connectivity index (χ4v) is 2.69. The lowest BCUT2D eigenvalue weighted by molar-refractivity contribution is -0.147. The van der Waals surface area contributed by atoms with Crippen LogP contribution in [0, 0.1) is 0 Å². The average Bonchev–Trinajstić information content (AvgIpc) is 2.44. The number of carboxylic acid groups (broad SMARTS) is 1. The second kappa shape index (κ2) is 6.91. The van der Waals surface area contributed by atoms with E-state index in [0.29, 0.717) is 31.1 Å². The molecule has 6 heteroatoms. The van der Waals surface area contributed by atoms with Gasteiger partial charge in [-0.3, -0.25) is 14.5 Å². The maximum absolute atomic E-state index is 12.2. The number of amides is 1. The van der Waals surface area contributed by atoms with Crippen molar-refractivity contribution in [3.63, 3.8) is 0 Å². The van der Waals surface area contributed by atoms with Crippen LogP contribution in [0.4, 0.5) is 0 Å². The Morgan fingerprint density at radius 1 is 1.33 bits per heavy atom. The van der Waals surface area contributed by atoms with Gasteiger partial charge in [0.1, 0.15) is 6.04 Å². The molecule has 0 saturated carbocycles. The third kappa shape index (κ3) is 3.95. The van der Waals surface area contributed by atoms with Gasteiger partial charge in [0.2, 0.25) is 5.91 Å². The predicted molar refractivity (Wildman–Crippen MR) is 80.2 cm³/mol. The van der Waals surface area contributed by atoms with E-state index in [9.17, 15) is 9.59 Å². The van der Waals surface area contributed by atoms with Gasteiger partial charge < -0.3 is 10.0 Å². The standard InChI is InChI=1S/C15H19ClN2O3/c1-2-13(15(20)21)17-7-8-18(14(19)10-17)9-11-3-5-12(16)6-4-11/h3-6,13H,2,7-10H2,1H3,(H,20,21). The molecule has 1 fully saturated rings. The number of rotatable bonds is 5. The number of aliphatic carboxylic acids is 1. The number of nitrogens with zero attached hydrogens (tertiary/aromatic N) is 2. The Hall–Kier alpha value is -1.59. The van der Waals surface area contributed by atoms with Gasteiger partial charge in [0.25, 0.3) is 0 Å². The van der Waals surface area contributed by atoms with Crippen molar-refractivity contribution >= 4 is 23.5 Å². The molecule has 1 saturated heterocycles. The number of carboxylic acids is 1. The predicted octanol–water partition coefficient (Wildman–Crippen LogP) is 1.85. The number of carbonyl (C=O) groups is 2. The Kier molecular flexibility index (Phi) is 5.20. The number of carbonyl (C=O) groups excluding carboxylic acids is 1. The van der Waals surface area contributed by atoms with Gasteiger partial charge in [0.05, 0.1) is 6.54 Å². The van der Waals surface area contributed by atoms with E-state index in [1.807, 2.05) is 19.1 Å². The Labute approximate surface area is 129 Å². The Balaban J connectivity index is 1.96. The summed E-state index contributed by atoms with van der Waals surface area (Å²) in [5.41, 5.74) is 1.02. The number of hydrogen-bond acceptors (Lipinski definition) is 3. The molecular weight excluding hydrogens is 292 g/mol. The van der Waals surface area contributed by atoms with E-state index in [2.05, 4.69) is 0 Å². The van der Waals surface area contributed by atoms with Crippen LogP contribution in [0.25, 0.3) is 0 Å². The zero-order valence-corrected chi connectivity index (χ0v) is 12.7. The van der Waals surface area contributed by atoms with Crippen LogP contribution in [-0.4, -0.2) is 52.5 Å². The third-order valence-electron chi connectivity index (χ3n) is 3.75. The van der Waals surface area contributed by atoms with E-state index >= 15 is 0 Å². The van der Waals surface area contributed by atoms with Gasteiger partial charge in [-0.2, -0.15) is 0 Å². The van der Waals surface area contributed by atoms with Crippen molar-refractivity contribution in [2.45, 2.75) is 25.9 Å². The molecule has 1 aromatic rings. The Bertz CT molecular complexity index is 518. The summed E-state index contributed by atoms with van der Waals surface area (Å²) in [4.78, 5) is 26.8. The first-order chi connectivity index (χ1) is 10.0. The molecule has 1 heterocycles. The Morgan fingerprint density at radius 3 is 2.52 bits per heavy atom. The first-order valence-corrected chi connectivity index (χ1v) is 7.38. The highest BCUT2D eigenvalue weighted by Gasteiger charge is 2.31. The fourth-order valence-electron chi connectivity index (χ4n) is 2.56. The van der Waals surface area contributed by atoms with Crippen LogP contribution in [0.3, 0.4) is 0 Å². The second-order valence-corrected chi connectivity index (χ2v) is 5.61. The van der Waals surface area contributed by atoms with Crippen molar-refractivity contribution in [3.8, 4) is 0 Å². The van der Waals surface area contributed by atoms with Crippen molar-refractivity contribution in [2.24, 2.45) is 0 Å². The van der Waals surface area contributed by atoms with Gasteiger partial charge in [-0.25, -0.2) is 0 Å². The van der Waals surface area contributed by atoms with Crippen molar-refractivity contribution < 1.29 is 14.7 Å². The van der Waals surface area contributed by atoms with Gasteiger partial charge in [-0.15, -0.1) is 0 Å². The zero-order valence-electron chi connectivity index (χ0n) is 12.0. The molecule has 114 valence electrons.